The highest BCUT2D eigenvalue weighted by Gasteiger charge is 2.14. The Hall–Kier alpha value is -1.65. The van der Waals surface area contributed by atoms with Crippen molar-refractivity contribution in [2.24, 2.45) is 0 Å². The second kappa shape index (κ2) is 4.72. The highest BCUT2D eigenvalue weighted by atomic mass is 16.2. The predicted molar refractivity (Wildman–Crippen MR) is 58.5 cm³/mol. The largest absolute Gasteiger partial charge is 0.347 e. The number of likely N-dealkylation sites (N-methyl/N-ethyl adjacent to an activating group) is 1. The molecule has 1 aromatic rings. The van der Waals surface area contributed by atoms with Crippen LogP contribution in [0.5, 0.6) is 0 Å². The van der Waals surface area contributed by atoms with E-state index in [1.807, 2.05) is 6.92 Å². The molecule has 1 atom stereocenters. The van der Waals surface area contributed by atoms with E-state index < -0.39 is 0 Å². The van der Waals surface area contributed by atoms with Crippen molar-refractivity contribution in [1.29, 1.82) is 0 Å². The van der Waals surface area contributed by atoms with E-state index in [1.54, 1.807) is 33.4 Å². The van der Waals surface area contributed by atoms with Crippen LogP contribution in [-0.2, 0) is 4.79 Å². The van der Waals surface area contributed by atoms with E-state index in [2.05, 4.69) is 15.3 Å². The summed E-state index contributed by atoms with van der Waals surface area (Å²) < 4.78 is 0. The number of rotatable bonds is 3. The van der Waals surface area contributed by atoms with Gasteiger partial charge in [-0.25, -0.2) is 9.97 Å². The van der Waals surface area contributed by atoms with Crippen molar-refractivity contribution in [2.45, 2.75) is 19.9 Å². The van der Waals surface area contributed by atoms with Gasteiger partial charge in [-0.3, -0.25) is 4.79 Å². The van der Waals surface area contributed by atoms with Crippen LogP contribution in [0.25, 0.3) is 0 Å². The molecule has 0 spiro atoms. The van der Waals surface area contributed by atoms with Crippen LogP contribution in [0.15, 0.2) is 12.4 Å². The number of anilines is 1. The number of carbonyl (C=O) groups excluding carboxylic acids is 1. The van der Waals surface area contributed by atoms with E-state index in [4.69, 9.17) is 0 Å². The fourth-order valence-corrected chi connectivity index (χ4v) is 1.11. The maximum atomic E-state index is 11.5. The molecule has 0 aliphatic heterocycles. The van der Waals surface area contributed by atoms with E-state index in [9.17, 15) is 4.79 Å². The molecule has 1 amide bonds. The van der Waals surface area contributed by atoms with Gasteiger partial charge in [0.2, 0.25) is 11.9 Å². The monoisotopic (exact) mass is 208 g/mol. The summed E-state index contributed by atoms with van der Waals surface area (Å²) in [6.07, 6.45) is 3.42. The first kappa shape index (κ1) is 11.4. The first-order valence-corrected chi connectivity index (χ1v) is 4.77. The Morgan fingerprint density at radius 3 is 2.40 bits per heavy atom. The Morgan fingerprint density at radius 1 is 1.40 bits per heavy atom. The maximum absolute atomic E-state index is 11.5. The summed E-state index contributed by atoms with van der Waals surface area (Å²) in [7, 11) is 3.44. The lowest BCUT2D eigenvalue weighted by Crippen LogP contribution is -2.37. The zero-order valence-corrected chi connectivity index (χ0v) is 9.48. The van der Waals surface area contributed by atoms with E-state index in [0.29, 0.717) is 5.95 Å². The minimum absolute atomic E-state index is 0.000764. The van der Waals surface area contributed by atoms with Gasteiger partial charge in [0.15, 0.2) is 0 Å². The van der Waals surface area contributed by atoms with Gasteiger partial charge in [-0.2, -0.15) is 0 Å². The molecule has 0 aliphatic carbocycles. The fraction of sp³-hybridized carbons (Fsp3) is 0.500. The predicted octanol–water partition coefficient (Wildman–Crippen LogP) is 0.674. The molecule has 5 nitrogen and oxygen atoms in total. The number of hydrogen-bond acceptors (Lipinski definition) is 4. The molecule has 1 aromatic heterocycles. The average Bonchev–Trinajstić information content (AvgIpc) is 2.20. The van der Waals surface area contributed by atoms with Crippen LogP contribution >= 0.6 is 0 Å². The summed E-state index contributed by atoms with van der Waals surface area (Å²) in [5.74, 6) is 0.475. The summed E-state index contributed by atoms with van der Waals surface area (Å²) in [5.41, 5.74) is 0.993. The number of hydrogen-bond donors (Lipinski definition) is 1. The molecule has 1 heterocycles. The van der Waals surface area contributed by atoms with Crippen molar-refractivity contribution >= 4 is 11.9 Å². The molecule has 5 heteroatoms. The van der Waals surface area contributed by atoms with Crippen molar-refractivity contribution in [2.75, 3.05) is 19.4 Å². The third-order valence-electron chi connectivity index (χ3n) is 1.94. The van der Waals surface area contributed by atoms with Crippen molar-refractivity contribution in [3.05, 3.63) is 18.0 Å². The highest BCUT2D eigenvalue weighted by molar-refractivity contribution is 5.83. The molecular formula is C10H16N4O. The first-order chi connectivity index (χ1) is 7.00. The first-order valence-electron chi connectivity index (χ1n) is 4.77. The Labute approximate surface area is 89.5 Å². The van der Waals surface area contributed by atoms with E-state index >= 15 is 0 Å². The van der Waals surface area contributed by atoms with Gasteiger partial charge in [-0.1, -0.05) is 0 Å². The molecule has 0 fully saturated rings. The van der Waals surface area contributed by atoms with Crippen LogP contribution in [0.3, 0.4) is 0 Å². The number of amides is 1. The quantitative estimate of drug-likeness (QED) is 0.793. The van der Waals surface area contributed by atoms with E-state index in [1.165, 1.54) is 4.90 Å². The Bertz CT molecular complexity index is 334. The van der Waals surface area contributed by atoms with Crippen LogP contribution in [0.1, 0.15) is 12.5 Å². The third-order valence-corrected chi connectivity index (χ3v) is 1.94. The van der Waals surface area contributed by atoms with Gasteiger partial charge in [-0.15, -0.1) is 0 Å². The number of aromatic nitrogens is 2. The molecule has 0 saturated heterocycles. The summed E-state index contributed by atoms with van der Waals surface area (Å²) in [4.78, 5) is 21.2. The lowest BCUT2D eigenvalue weighted by Gasteiger charge is -2.17. The van der Waals surface area contributed by atoms with Gasteiger partial charge in [0, 0.05) is 26.5 Å². The normalized spacial score (nSPS) is 12.0. The standard InChI is InChI=1S/C10H16N4O/c1-7-5-11-10(12-6-7)13-8(2)9(15)14(3)4/h5-6,8H,1-4H3,(H,11,12,13). The average molecular weight is 208 g/mol. The van der Waals surface area contributed by atoms with Gasteiger partial charge in [0.05, 0.1) is 0 Å². The van der Waals surface area contributed by atoms with Crippen LogP contribution in [0.4, 0.5) is 5.95 Å². The minimum atomic E-state index is -0.317. The smallest absolute Gasteiger partial charge is 0.244 e. The van der Waals surface area contributed by atoms with Crippen molar-refractivity contribution < 1.29 is 4.79 Å². The van der Waals surface area contributed by atoms with Crippen molar-refractivity contribution in [1.82, 2.24) is 14.9 Å². The third kappa shape index (κ3) is 3.19. The maximum Gasteiger partial charge on any atom is 0.244 e. The number of nitrogens with one attached hydrogen (secondary N) is 1. The van der Waals surface area contributed by atoms with Gasteiger partial charge < -0.3 is 10.2 Å². The van der Waals surface area contributed by atoms with E-state index in [-0.39, 0.29) is 11.9 Å². The zero-order valence-electron chi connectivity index (χ0n) is 9.48. The second-order valence-electron chi connectivity index (χ2n) is 3.68. The van der Waals surface area contributed by atoms with Crippen LogP contribution in [0, 0.1) is 6.92 Å². The molecule has 0 aromatic carbocycles. The van der Waals surface area contributed by atoms with Gasteiger partial charge in [-0.05, 0) is 19.4 Å². The molecular weight excluding hydrogens is 192 g/mol. The van der Waals surface area contributed by atoms with Crippen LogP contribution in [0.2, 0.25) is 0 Å². The summed E-state index contributed by atoms with van der Waals surface area (Å²) >= 11 is 0. The van der Waals surface area contributed by atoms with Crippen molar-refractivity contribution in [3.63, 3.8) is 0 Å². The summed E-state index contributed by atoms with van der Waals surface area (Å²) in [6.45, 7) is 3.70. The summed E-state index contributed by atoms with van der Waals surface area (Å²) in [5, 5.41) is 2.94. The highest BCUT2D eigenvalue weighted by Crippen LogP contribution is 2.02. The second-order valence-corrected chi connectivity index (χ2v) is 3.68. The topological polar surface area (TPSA) is 58.1 Å². The van der Waals surface area contributed by atoms with Gasteiger partial charge in [0.1, 0.15) is 6.04 Å². The molecule has 0 saturated carbocycles. The lowest BCUT2D eigenvalue weighted by atomic mass is 10.3. The van der Waals surface area contributed by atoms with Gasteiger partial charge >= 0.3 is 0 Å². The molecule has 1 N–H and O–H groups in total. The lowest BCUT2D eigenvalue weighted by molar-refractivity contribution is -0.129. The number of carbonyl (C=O) groups is 1. The molecule has 82 valence electrons. The van der Waals surface area contributed by atoms with Crippen molar-refractivity contribution in [3.8, 4) is 0 Å². The molecule has 0 bridgehead atoms. The van der Waals surface area contributed by atoms with E-state index in [0.717, 1.165) is 5.56 Å². The Morgan fingerprint density at radius 2 is 1.93 bits per heavy atom. The molecule has 1 unspecified atom stereocenters. The molecule has 0 aliphatic rings. The number of aryl methyl sites for hydroxylation is 1. The Balaban J connectivity index is 2.62. The minimum Gasteiger partial charge on any atom is -0.347 e. The number of nitrogens with zero attached hydrogens (tertiary/aromatic N) is 3. The van der Waals surface area contributed by atoms with Crippen LogP contribution < -0.4 is 5.32 Å². The van der Waals surface area contributed by atoms with Crippen LogP contribution in [-0.4, -0.2) is 40.9 Å². The fourth-order valence-electron chi connectivity index (χ4n) is 1.11. The summed E-state index contributed by atoms with van der Waals surface area (Å²) in [6, 6.07) is -0.317. The molecule has 1 rings (SSSR count). The zero-order chi connectivity index (χ0) is 11.4. The SMILES string of the molecule is Cc1cnc(NC(C)C(=O)N(C)C)nc1. The Kier molecular flexibility index (Phi) is 3.60. The van der Waals surface area contributed by atoms with Gasteiger partial charge in [0.25, 0.3) is 0 Å². The molecule has 15 heavy (non-hydrogen) atoms. The molecule has 0 radical (unpaired) electrons.